The molecular formula is C33H33FN6O7S. The van der Waals surface area contributed by atoms with Crippen LogP contribution in [0.1, 0.15) is 40.8 Å². The highest BCUT2D eigenvalue weighted by molar-refractivity contribution is 8.00. The molecule has 13 nitrogen and oxygen atoms in total. The zero-order valence-electron chi connectivity index (χ0n) is 25.7. The number of fused-ring (bicyclic) bond motifs is 2. The number of halogens is 1. The first kappa shape index (κ1) is 31.8. The lowest BCUT2D eigenvalue weighted by Gasteiger charge is -2.50. The van der Waals surface area contributed by atoms with Crippen molar-refractivity contribution in [3.05, 3.63) is 87.1 Å². The monoisotopic (exact) mass is 676 g/mol. The number of piperazine rings is 1. The quantitative estimate of drug-likeness (QED) is 0.243. The molecule has 3 aliphatic heterocycles. The normalized spacial score (nSPS) is 21.9. The Morgan fingerprint density at radius 3 is 2.38 bits per heavy atom. The van der Waals surface area contributed by atoms with Crippen LogP contribution in [0.15, 0.2) is 64.7 Å². The van der Waals surface area contributed by atoms with Gasteiger partial charge in [0.25, 0.3) is 5.91 Å². The van der Waals surface area contributed by atoms with Crippen LogP contribution in [0, 0.1) is 5.82 Å². The van der Waals surface area contributed by atoms with Gasteiger partial charge in [-0.3, -0.25) is 24.2 Å². The summed E-state index contributed by atoms with van der Waals surface area (Å²) in [7, 11) is 0. The van der Waals surface area contributed by atoms with Crippen molar-refractivity contribution < 1.29 is 33.8 Å². The van der Waals surface area contributed by atoms with Crippen LogP contribution in [-0.4, -0.2) is 98.2 Å². The van der Waals surface area contributed by atoms with E-state index in [0.717, 1.165) is 18.9 Å². The number of nitrogens with zero attached hydrogens (tertiary/aromatic N) is 4. The van der Waals surface area contributed by atoms with Crippen molar-refractivity contribution in [3.63, 3.8) is 0 Å². The number of hydrogen-bond acceptors (Lipinski definition) is 9. The van der Waals surface area contributed by atoms with Crippen molar-refractivity contribution in [2.45, 2.75) is 36.3 Å². The second kappa shape index (κ2) is 12.4. The molecule has 1 aromatic heterocycles. The summed E-state index contributed by atoms with van der Waals surface area (Å²) in [5, 5.41) is 21.8. The molecule has 0 spiro atoms. The van der Waals surface area contributed by atoms with Crippen molar-refractivity contribution in [1.82, 2.24) is 19.7 Å². The number of carbonyl (C=O) groups is 4. The SMILES string of the molecule is NC(C(=O)N[C@H]1C(=O)N2C(C(=O)O)=C(CN3CCN(c4cc5c(cc4F)c(=O)c(C(=O)O)cn5C4CC4)CC3)CS[C@@H]12)c1ccccc1. The molecule has 4 aliphatic rings. The van der Waals surface area contributed by atoms with Gasteiger partial charge in [0, 0.05) is 56.1 Å². The van der Waals surface area contributed by atoms with Crippen LogP contribution in [0.5, 0.6) is 0 Å². The molecule has 1 unspecified atom stereocenters. The van der Waals surface area contributed by atoms with Gasteiger partial charge in [-0.15, -0.1) is 11.8 Å². The van der Waals surface area contributed by atoms with Crippen LogP contribution in [0.25, 0.3) is 10.9 Å². The number of aliphatic carboxylic acids is 1. The van der Waals surface area contributed by atoms with E-state index >= 15 is 4.39 Å². The van der Waals surface area contributed by atoms with Gasteiger partial charge in [0.1, 0.15) is 34.5 Å². The molecule has 0 radical (unpaired) electrons. The third kappa shape index (κ3) is 5.61. The van der Waals surface area contributed by atoms with Crippen LogP contribution < -0.4 is 21.4 Å². The Morgan fingerprint density at radius 2 is 1.73 bits per heavy atom. The molecule has 4 heterocycles. The smallest absolute Gasteiger partial charge is 0.352 e. The summed E-state index contributed by atoms with van der Waals surface area (Å²) < 4.78 is 17.2. The summed E-state index contributed by atoms with van der Waals surface area (Å²) >= 11 is 1.38. The van der Waals surface area contributed by atoms with Crippen molar-refractivity contribution in [1.29, 1.82) is 0 Å². The Balaban J connectivity index is 1.04. The molecular weight excluding hydrogens is 643 g/mol. The topological polar surface area (TPSA) is 179 Å². The van der Waals surface area contributed by atoms with E-state index in [2.05, 4.69) is 10.2 Å². The lowest BCUT2D eigenvalue weighted by atomic mass is 10.0. The van der Waals surface area contributed by atoms with Gasteiger partial charge in [-0.25, -0.2) is 14.0 Å². The lowest BCUT2D eigenvalue weighted by molar-refractivity contribution is -0.150. The minimum Gasteiger partial charge on any atom is -0.477 e. The van der Waals surface area contributed by atoms with E-state index in [9.17, 15) is 34.2 Å². The van der Waals surface area contributed by atoms with E-state index in [4.69, 9.17) is 5.73 Å². The summed E-state index contributed by atoms with van der Waals surface area (Å²) in [6.07, 6.45) is 3.04. The fourth-order valence-electron chi connectivity index (χ4n) is 6.68. The predicted octanol–water partition coefficient (Wildman–Crippen LogP) is 1.73. The van der Waals surface area contributed by atoms with Gasteiger partial charge in [-0.1, -0.05) is 30.3 Å². The fourth-order valence-corrected chi connectivity index (χ4v) is 8.02. The number of amides is 2. The van der Waals surface area contributed by atoms with E-state index in [1.165, 1.54) is 22.9 Å². The highest BCUT2D eigenvalue weighted by atomic mass is 32.2. The van der Waals surface area contributed by atoms with E-state index in [1.807, 2.05) is 4.90 Å². The van der Waals surface area contributed by atoms with Gasteiger partial charge in [0.05, 0.1) is 11.2 Å². The zero-order chi connectivity index (χ0) is 33.9. The highest BCUT2D eigenvalue weighted by Crippen LogP contribution is 2.41. The summed E-state index contributed by atoms with van der Waals surface area (Å²) in [6.45, 7) is 2.12. The third-order valence-electron chi connectivity index (χ3n) is 9.39. The van der Waals surface area contributed by atoms with E-state index in [1.54, 1.807) is 41.0 Å². The molecule has 1 saturated carbocycles. The number of benzene rings is 2. The van der Waals surface area contributed by atoms with Crippen LogP contribution >= 0.6 is 11.8 Å². The molecule has 2 aromatic carbocycles. The number of rotatable bonds is 9. The molecule has 1 aliphatic carbocycles. The van der Waals surface area contributed by atoms with Crippen LogP contribution in [0.2, 0.25) is 0 Å². The lowest BCUT2D eigenvalue weighted by Crippen LogP contribution is -2.71. The van der Waals surface area contributed by atoms with Gasteiger partial charge in [-0.2, -0.15) is 0 Å². The van der Waals surface area contributed by atoms with Gasteiger partial charge in [-0.05, 0) is 36.1 Å². The van der Waals surface area contributed by atoms with Gasteiger partial charge < -0.3 is 30.7 Å². The number of β-lactam (4-membered cyclic amide) rings is 1. The maximum Gasteiger partial charge on any atom is 0.352 e. The summed E-state index contributed by atoms with van der Waals surface area (Å²) in [5.41, 5.74) is 6.89. The molecule has 7 rings (SSSR count). The molecule has 3 aromatic rings. The van der Waals surface area contributed by atoms with E-state index in [0.29, 0.717) is 60.8 Å². The average molecular weight is 677 g/mol. The Labute approximate surface area is 277 Å². The number of carbonyl (C=O) groups excluding carboxylic acids is 2. The second-order valence-electron chi connectivity index (χ2n) is 12.4. The number of carboxylic acids is 2. The Bertz CT molecular complexity index is 1940. The van der Waals surface area contributed by atoms with Gasteiger partial charge in [0.2, 0.25) is 11.3 Å². The Kier molecular flexibility index (Phi) is 8.21. The maximum absolute atomic E-state index is 15.4. The molecule has 0 bridgehead atoms. The molecule has 2 amide bonds. The first-order chi connectivity index (χ1) is 23.0. The fraction of sp³-hybridized carbons (Fsp3) is 0.364. The number of pyridine rings is 1. The highest BCUT2D eigenvalue weighted by Gasteiger charge is 2.54. The van der Waals surface area contributed by atoms with Crippen LogP contribution in [0.3, 0.4) is 0 Å². The Hall–Kier alpha value is -4.73. The minimum atomic E-state index is -1.35. The predicted molar refractivity (Wildman–Crippen MR) is 175 cm³/mol. The number of aromatic nitrogens is 1. The first-order valence-corrected chi connectivity index (χ1v) is 16.7. The molecule has 3 fully saturated rings. The van der Waals surface area contributed by atoms with Crippen molar-refractivity contribution in [3.8, 4) is 0 Å². The number of carboxylic acid groups (broad SMARTS) is 2. The molecule has 48 heavy (non-hydrogen) atoms. The second-order valence-corrected chi connectivity index (χ2v) is 13.5. The van der Waals surface area contributed by atoms with Crippen molar-refractivity contribution >= 4 is 52.1 Å². The van der Waals surface area contributed by atoms with Crippen LogP contribution in [-0.2, 0) is 14.4 Å². The van der Waals surface area contributed by atoms with Crippen molar-refractivity contribution in [2.75, 3.05) is 43.4 Å². The molecule has 3 atom stereocenters. The van der Waals surface area contributed by atoms with Gasteiger partial charge >= 0.3 is 11.9 Å². The number of anilines is 1. The maximum atomic E-state index is 15.4. The molecule has 5 N–H and O–H groups in total. The van der Waals surface area contributed by atoms with Crippen LogP contribution in [0.4, 0.5) is 10.1 Å². The van der Waals surface area contributed by atoms with E-state index < -0.39 is 52.5 Å². The summed E-state index contributed by atoms with van der Waals surface area (Å²) in [6, 6.07) is 9.70. The molecule has 15 heteroatoms. The zero-order valence-corrected chi connectivity index (χ0v) is 26.5. The number of nitrogens with two attached hydrogens (primary N) is 1. The number of thioether (sulfide) groups is 1. The molecule has 250 valence electrons. The first-order valence-electron chi connectivity index (χ1n) is 15.6. The summed E-state index contributed by atoms with van der Waals surface area (Å²) in [4.78, 5) is 68.1. The average Bonchev–Trinajstić information content (AvgIpc) is 3.93. The van der Waals surface area contributed by atoms with Crippen molar-refractivity contribution in [2.24, 2.45) is 5.73 Å². The number of hydrogen-bond donors (Lipinski definition) is 4. The number of aromatic carboxylic acids is 1. The minimum absolute atomic E-state index is 0.0318. The Morgan fingerprint density at radius 1 is 1.02 bits per heavy atom. The standard InChI is InChI=1S/C33H33FN6O7S/c34-22-12-20-23(39(19-6-7-19)15-21(28(20)41)32(44)45)13-24(22)38-10-8-37(9-11-38)14-18-16-48-31-26(30(43)40(31)27(18)33(46)47)36-29(42)25(35)17-4-2-1-3-5-17/h1-5,12-13,15,19,25-26,31H,6-11,14,16,35H2,(H,36,42)(H,44,45)(H,46,47)/t25?,26-,31-/m0/s1. The third-order valence-corrected chi connectivity index (χ3v) is 10.7. The molecule has 2 saturated heterocycles. The van der Waals surface area contributed by atoms with Gasteiger partial charge in [0.15, 0.2) is 0 Å². The number of nitrogens with one attached hydrogen (secondary N) is 1. The summed E-state index contributed by atoms with van der Waals surface area (Å²) in [5.74, 6) is -3.87. The van der Waals surface area contributed by atoms with E-state index in [-0.39, 0.29) is 22.7 Å². The largest absolute Gasteiger partial charge is 0.477 e.